The summed E-state index contributed by atoms with van der Waals surface area (Å²) in [6, 6.07) is -0.721. The predicted molar refractivity (Wildman–Crippen MR) is 55.3 cm³/mol. The third-order valence-electron chi connectivity index (χ3n) is 2.38. The number of nitrogens with one attached hydrogen (secondary N) is 2. The maximum Gasteiger partial charge on any atom is 0.328 e. The van der Waals surface area contributed by atoms with Gasteiger partial charge in [0.25, 0.3) is 0 Å². The summed E-state index contributed by atoms with van der Waals surface area (Å²) in [5.41, 5.74) is 0. The zero-order valence-corrected chi connectivity index (χ0v) is 9.21. The number of ether oxygens (including phenoxy) is 1. The topological polar surface area (TPSA) is 67.4 Å². The second-order valence-electron chi connectivity index (χ2n) is 3.63. The van der Waals surface area contributed by atoms with E-state index in [-0.39, 0.29) is 17.9 Å². The molecule has 1 aliphatic heterocycles. The Labute approximate surface area is 89.6 Å². The van der Waals surface area contributed by atoms with E-state index in [1.54, 1.807) is 13.8 Å². The molecule has 1 rings (SSSR count). The van der Waals surface area contributed by atoms with E-state index < -0.39 is 6.04 Å². The van der Waals surface area contributed by atoms with Crippen molar-refractivity contribution in [1.82, 2.24) is 10.6 Å². The molecule has 2 atom stereocenters. The second-order valence-corrected chi connectivity index (χ2v) is 3.63. The fourth-order valence-electron chi connectivity index (χ4n) is 1.55. The molecular weight excluding hydrogens is 196 g/mol. The van der Waals surface area contributed by atoms with Gasteiger partial charge in [-0.3, -0.25) is 4.79 Å². The fraction of sp³-hybridized carbons (Fsp3) is 0.800. The minimum atomic E-state index is -0.570. The predicted octanol–water partition coefficient (Wildman–Crippen LogP) is -0.194. The molecule has 1 unspecified atom stereocenters. The standard InChI is InChI=1S/C10H18N2O3/c1-3-15-10(14)7(2)12-9(13)8-5-4-6-11-8/h7-8,11H,3-6H2,1-2H3,(H,12,13)/t7?,8-/m0/s1. The lowest BCUT2D eigenvalue weighted by molar-refractivity contribution is -0.147. The van der Waals surface area contributed by atoms with Gasteiger partial charge in [0.15, 0.2) is 0 Å². The highest BCUT2D eigenvalue weighted by Crippen LogP contribution is 2.05. The molecular formula is C10H18N2O3. The van der Waals surface area contributed by atoms with Crippen LogP contribution in [0.15, 0.2) is 0 Å². The van der Waals surface area contributed by atoms with Crippen molar-refractivity contribution in [2.45, 2.75) is 38.8 Å². The molecule has 0 saturated carbocycles. The molecule has 0 bridgehead atoms. The molecule has 86 valence electrons. The average Bonchev–Trinajstić information content (AvgIpc) is 2.70. The summed E-state index contributed by atoms with van der Waals surface area (Å²) in [4.78, 5) is 22.8. The average molecular weight is 214 g/mol. The van der Waals surface area contributed by atoms with Crippen LogP contribution < -0.4 is 10.6 Å². The van der Waals surface area contributed by atoms with Crippen LogP contribution in [0.1, 0.15) is 26.7 Å². The molecule has 15 heavy (non-hydrogen) atoms. The molecule has 5 nitrogen and oxygen atoms in total. The number of carbonyl (C=O) groups is 2. The normalized spacial score (nSPS) is 22.1. The Morgan fingerprint density at radius 3 is 2.87 bits per heavy atom. The molecule has 0 aliphatic carbocycles. The lowest BCUT2D eigenvalue weighted by Gasteiger charge is -2.15. The molecule has 5 heteroatoms. The van der Waals surface area contributed by atoms with Crippen LogP contribution in [-0.2, 0) is 14.3 Å². The second kappa shape index (κ2) is 5.70. The Morgan fingerprint density at radius 1 is 1.60 bits per heavy atom. The minimum Gasteiger partial charge on any atom is -0.464 e. The van der Waals surface area contributed by atoms with Gasteiger partial charge in [0, 0.05) is 0 Å². The maximum atomic E-state index is 11.6. The summed E-state index contributed by atoms with van der Waals surface area (Å²) >= 11 is 0. The van der Waals surface area contributed by atoms with Crippen LogP contribution in [0, 0.1) is 0 Å². The summed E-state index contributed by atoms with van der Waals surface area (Å²) < 4.78 is 4.79. The molecule has 0 spiro atoms. The van der Waals surface area contributed by atoms with E-state index in [0.29, 0.717) is 6.61 Å². The molecule has 0 aromatic heterocycles. The molecule has 2 N–H and O–H groups in total. The van der Waals surface area contributed by atoms with Gasteiger partial charge >= 0.3 is 5.97 Å². The first kappa shape index (κ1) is 12.0. The van der Waals surface area contributed by atoms with Gasteiger partial charge < -0.3 is 15.4 Å². The van der Waals surface area contributed by atoms with E-state index in [9.17, 15) is 9.59 Å². The van der Waals surface area contributed by atoms with E-state index in [1.807, 2.05) is 0 Å². The molecule has 0 aromatic rings. The van der Waals surface area contributed by atoms with Crippen LogP contribution in [-0.4, -0.2) is 37.1 Å². The van der Waals surface area contributed by atoms with Crippen LogP contribution in [0.2, 0.25) is 0 Å². The molecule has 1 amide bonds. The van der Waals surface area contributed by atoms with Gasteiger partial charge in [-0.05, 0) is 33.2 Å². The Hall–Kier alpha value is -1.10. The lowest BCUT2D eigenvalue weighted by Crippen LogP contribution is -2.47. The van der Waals surface area contributed by atoms with Crippen molar-refractivity contribution in [2.75, 3.05) is 13.2 Å². The first-order chi connectivity index (χ1) is 7.15. The Bertz CT molecular complexity index is 237. The quantitative estimate of drug-likeness (QED) is 0.636. The van der Waals surface area contributed by atoms with Gasteiger partial charge in [-0.25, -0.2) is 4.79 Å². The zero-order valence-electron chi connectivity index (χ0n) is 9.21. The number of amides is 1. The number of hydrogen-bond donors (Lipinski definition) is 2. The van der Waals surface area contributed by atoms with Crippen molar-refractivity contribution in [3.63, 3.8) is 0 Å². The first-order valence-corrected chi connectivity index (χ1v) is 5.35. The van der Waals surface area contributed by atoms with E-state index in [0.717, 1.165) is 19.4 Å². The van der Waals surface area contributed by atoms with Crippen LogP contribution in [0.4, 0.5) is 0 Å². The smallest absolute Gasteiger partial charge is 0.328 e. The van der Waals surface area contributed by atoms with Crippen molar-refractivity contribution >= 4 is 11.9 Å². The summed E-state index contributed by atoms with van der Waals surface area (Å²) in [7, 11) is 0. The van der Waals surface area contributed by atoms with Crippen molar-refractivity contribution in [1.29, 1.82) is 0 Å². The van der Waals surface area contributed by atoms with Crippen molar-refractivity contribution < 1.29 is 14.3 Å². The third-order valence-corrected chi connectivity index (χ3v) is 2.38. The van der Waals surface area contributed by atoms with Crippen molar-refractivity contribution in [3.8, 4) is 0 Å². The SMILES string of the molecule is CCOC(=O)C(C)NC(=O)[C@@H]1CCCN1. The van der Waals surface area contributed by atoms with Crippen LogP contribution >= 0.6 is 0 Å². The summed E-state index contributed by atoms with van der Waals surface area (Å²) in [5.74, 6) is -0.503. The molecule has 1 fully saturated rings. The largest absolute Gasteiger partial charge is 0.464 e. The summed E-state index contributed by atoms with van der Waals surface area (Å²) in [6.45, 7) is 4.57. The van der Waals surface area contributed by atoms with Gasteiger partial charge in [0.1, 0.15) is 6.04 Å². The number of esters is 1. The molecule has 1 heterocycles. The van der Waals surface area contributed by atoms with Crippen LogP contribution in [0.5, 0.6) is 0 Å². The van der Waals surface area contributed by atoms with Crippen LogP contribution in [0.25, 0.3) is 0 Å². The highest BCUT2D eigenvalue weighted by Gasteiger charge is 2.25. The first-order valence-electron chi connectivity index (χ1n) is 5.35. The van der Waals surface area contributed by atoms with Crippen molar-refractivity contribution in [3.05, 3.63) is 0 Å². The number of hydrogen-bond acceptors (Lipinski definition) is 4. The fourth-order valence-corrected chi connectivity index (χ4v) is 1.55. The summed E-state index contributed by atoms with van der Waals surface area (Å²) in [5, 5.41) is 5.70. The van der Waals surface area contributed by atoms with Gasteiger partial charge in [0.2, 0.25) is 5.91 Å². The van der Waals surface area contributed by atoms with Gasteiger partial charge in [-0.1, -0.05) is 0 Å². The van der Waals surface area contributed by atoms with E-state index in [2.05, 4.69) is 10.6 Å². The Kier molecular flexibility index (Phi) is 4.55. The lowest BCUT2D eigenvalue weighted by atomic mass is 10.2. The summed E-state index contributed by atoms with van der Waals surface area (Å²) in [6.07, 6.45) is 1.84. The maximum absolute atomic E-state index is 11.6. The van der Waals surface area contributed by atoms with E-state index >= 15 is 0 Å². The Morgan fingerprint density at radius 2 is 2.33 bits per heavy atom. The molecule has 0 radical (unpaired) electrons. The monoisotopic (exact) mass is 214 g/mol. The van der Waals surface area contributed by atoms with Crippen molar-refractivity contribution in [2.24, 2.45) is 0 Å². The third kappa shape index (κ3) is 3.51. The number of carbonyl (C=O) groups excluding carboxylic acids is 2. The van der Waals surface area contributed by atoms with Gasteiger partial charge in [-0.2, -0.15) is 0 Å². The van der Waals surface area contributed by atoms with E-state index in [1.165, 1.54) is 0 Å². The number of rotatable bonds is 4. The molecule has 1 aliphatic rings. The van der Waals surface area contributed by atoms with E-state index in [4.69, 9.17) is 4.74 Å². The molecule has 0 aromatic carbocycles. The zero-order chi connectivity index (χ0) is 11.3. The van der Waals surface area contributed by atoms with Crippen LogP contribution in [0.3, 0.4) is 0 Å². The highest BCUT2D eigenvalue weighted by atomic mass is 16.5. The molecule has 1 saturated heterocycles. The Balaban J connectivity index is 2.33. The van der Waals surface area contributed by atoms with Gasteiger partial charge in [0.05, 0.1) is 12.6 Å². The highest BCUT2D eigenvalue weighted by molar-refractivity contribution is 5.87. The minimum absolute atomic E-state index is 0.118. The van der Waals surface area contributed by atoms with Gasteiger partial charge in [-0.15, -0.1) is 0 Å².